The first-order valence-electron chi connectivity index (χ1n) is 8.23. The van der Waals surface area contributed by atoms with Crippen LogP contribution in [0.15, 0.2) is 27.8 Å². The average Bonchev–Trinajstić information content (AvgIpc) is 3.12. The Labute approximate surface area is 146 Å². The van der Waals surface area contributed by atoms with Crippen molar-refractivity contribution >= 4 is 33.7 Å². The van der Waals surface area contributed by atoms with Gasteiger partial charge < -0.3 is 4.90 Å². The fraction of sp³-hybridized carbons (Fsp3) is 0.556. The number of anilines is 1. The van der Waals surface area contributed by atoms with E-state index in [9.17, 15) is 4.79 Å². The van der Waals surface area contributed by atoms with Gasteiger partial charge >= 0.3 is 0 Å². The van der Waals surface area contributed by atoms with Crippen molar-refractivity contribution in [2.24, 2.45) is 22.4 Å². The Balaban J connectivity index is 1.59. The molecule has 1 aromatic carbocycles. The second-order valence-corrected chi connectivity index (χ2v) is 8.03. The van der Waals surface area contributed by atoms with Crippen LogP contribution in [0.5, 0.6) is 0 Å². The van der Waals surface area contributed by atoms with Gasteiger partial charge in [-0.2, -0.15) is 5.10 Å². The summed E-state index contributed by atoms with van der Waals surface area (Å²) in [6.45, 7) is 2.25. The number of hydrazone groups is 1. The molecule has 0 bridgehead atoms. The van der Waals surface area contributed by atoms with Gasteiger partial charge in [-0.05, 0) is 57.8 Å². The summed E-state index contributed by atoms with van der Waals surface area (Å²) in [5.41, 5.74) is 5.04. The molecule has 2 aliphatic carbocycles. The minimum Gasteiger partial charge on any atom is -0.377 e. The van der Waals surface area contributed by atoms with Crippen LogP contribution in [0.4, 0.5) is 5.69 Å². The van der Waals surface area contributed by atoms with Crippen molar-refractivity contribution in [3.05, 3.63) is 28.2 Å². The number of hydrogen-bond donors (Lipinski definition) is 1. The lowest BCUT2D eigenvalue weighted by Gasteiger charge is -2.15. The summed E-state index contributed by atoms with van der Waals surface area (Å²) in [5, 5.41) is 4.15. The third-order valence-electron chi connectivity index (χ3n) is 5.46. The maximum Gasteiger partial charge on any atom is 0.244 e. The molecule has 1 amide bonds. The first-order chi connectivity index (χ1) is 10.9. The Kier molecular flexibility index (Phi) is 4.50. The van der Waals surface area contributed by atoms with E-state index < -0.39 is 0 Å². The molecule has 3 rings (SSSR count). The van der Waals surface area contributed by atoms with Crippen molar-refractivity contribution in [1.29, 1.82) is 0 Å². The predicted molar refractivity (Wildman–Crippen MR) is 97.8 cm³/mol. The van der Waals surface area contributed by atoms with E-state index in [1.54, 1.807) is 6.21 Å². The first kappa shape index (κ1) is 16.5. The van der Waals surface area contributed by atoms with Gasteiger partial charge in [0.2, 0.25) is 5.91 Å². The third kappa shape index (κ3) is 3.16. The summed E-state index contributed by atoms with van der Waals surface area (Å²) >= 11 is 3.56. The molecular weight excluding hydrogens is 354 g/mol. The number of nitrogens with one attached hydrogen (secondary N) is 1. The van der Waals surface area contributed by atoms with E-state index in [1.807, 2.05) is 37.2 Å². The number of amides is 1. The number of rotatable bonds is 4. The van der Waals surface area contributed by atoms with Gasteiger partial charge in [0, 0.05) is 24.5 Å². The van der Waals surface area contributed by atoms with Crippen molar-refractivity contribution in [1.82, 2.24) is 5.43 Å². The van der Waals surface area contributed by atoms with E-state index in [2.05, 4.69) is 33.4 Å². The van der Waals surface area contributed by atoms with Gasteiger partial charge in [-0.1, -0.05) is 25.8 Å². The molecular formula is C18H24BrN3O. The van der Waals surface area contributed by atoms with Crippen LogP contribution in [0, 0.1) is 17.3 Å². The van der Waals surface area contributed by atoms with E-state index in [-0.39, 0.29) is 17.2 Å². The van der Waals surface area contributed by atoms with Crippen LogP contribution in [0.1, 0.15) is 38.2 Å². The van der Waals surface area contributed by atoms with Gasteiger partial charge in [-0.3, -0.25) is 4.79 Å². The summed E-state index contributed by atoms with van der Waals surface area (Å²) in [7, 11) is 4.01. The number of hydrogen-bond acceptors (Lipinski definition) is 3. The second-order valence-electron chi connectivity index (χ2n) is 7.18. The van der Waals surface area contributed by atoms with Crippen molar-refractivity contribution in [2.45, 2.75) is 32.6 Å². The largest absolute Gasteiger partial charge is 0.377 e. The minimum absolute atomic E-state index is 0.0830. The Morgan fingerprint density at radius 1 is 1.43 bits per heavy atom. The number of carbonyl (C=O) groups is 1. The van der Waals surface area contributed by atoms with Crippen molar-refractivity contribution in [3.8, 4) is 0 Å². The standard InChI is InChI=1S/C18H24BrN3O/c1-18-9-5-4-6-13(18)16(18)17(23)21-20-11-12-7-8-15(22(2)3)14(19)10-12/h7-8,10-11,13,16H,4-6,9H2,1-3H3,(H,21,23)/b20-11-/t13-,16-,18-/m0/s1. The molecule has 23 heavy (non-hydrogen) atoms. The van der Waals surface area contributed by atoms with Gasteiger partial charge in [-0.15, -0.1) is 0 Å². The lowest BCUT2D eigenvalue weighted by atomic mass is 9.90. The van der Waals surface area contributed by atoms with Gasteiger partial charge in [-0.25, -0.2) is 5.43 Å². The highest BCUT2D eigenvalue weighted by atomic mass is 79.9. The fourth-order valence-electron chi connectivity index (χ4n) is 4.06. The van der Waals surface area contributed by atoms with Crippen molar-refractivity contribution < 1.29 is 4.79 Å². The molecule has 4 nitrogen and oxygen atoms in total. The predicted octanol–water partition coefficient (Wildman–Crippen LogP) is 3.79. The molecule has 5 heteroatoms. The van der Waals surface area contributed by atoms with Gasteiger partial charge in [0.05, 0.1) is 11.9 Å². The number of benzene rings is 1. The number of nitrogens with zero attached hydrogens (tertiary/aromatic N) is 2. The topological polar surface area (TPSA) is 44.7 Å². The SMILES string of the molecule is CN(C)c1ccc(/C=N\NC(=O)[C@@H]2[C@@H]3CCCC[C@]23C)cc1Br. The molecule has 0 saturated heterocycles. The summed E-state index contributed by atoms with van der Waals surface area (Å²) in [6, 6.07) is 6.03. The Morgan fingerprint density at radius 2 is 2.22 bits per heavy atom. The number of fused-ring (bicyclic) bond motifs is 1. The number of halogens is 1. The Bertz CT molecular complexity index is 643. The van der Waals surface area contributed by atoms with Crippen LogP contribution in [0.2, 0.25) is 0 Å². The first-order valence-corrected chi connectivity index (χ1v) is 9.02. The Morgan fingerprint density at radius 3 is 2.83 bits per heavy atom. The van der Waals surface area contributed by atoms with Crippen LogP contribution >= 0.6 is 15.9 Å². The van der Waals surface area contributed by atoms with Crippen LogP contribution < -0.4 is 10.3 Å². The quantitative estimate of drug-likeness (QED) is 0.640. The number of carbonyl (C=O) groups excluding carboxylic acids is 1. The van der Waals surface area contributed by atoms with Gasteiger partial charge in [0.25, 0.3) is 0 Å². The third-order valence-corrected chi connectivity index (χ3v) is 6.09. The summed E-state index contributed by atoms with van der Waals surface area (Å²) in [4.78, 5) is 14.4. The van der Waals surface area contributed by atoms with Crippen LogP contribution in [0.3, 0.4) is 0 Å². The molecule has 3 atom stereocenters. The average molecular weight is 378 g/mol. The highest BCUT2D eigenvalue weighted by Crippen LogP contribution is 2.66. The van der Waals surface area contributed by atoms with Crippen molar-refractivity contribution in [3.63, 3.8) is 0 Å². The van der Waals surface area contributed by atoms with Gasteiger partial charge in [0.15, 0.2) is 0 Å². The van der Waals surface area contributed by atoms with E-state index in [1.165, 1.54) is 25.7 Å². The lowest BCUT2D eigenvalue weighted by molar-refractivity contribution is -0.123. The van der Waals surface area contributed by atoms with Crippen LogP contribution in [-0.2, 0) is 4.79 Å². The second kappa shape index (κ2) is 6.27. The highest BCUT2D eigenvalue weighted by Gasteiger charge is 2.64. The molecule has 0 aliphatic heterocycles. The summed E-state index contributed by atoms with van der Waals surface area (Å²) in [5.74, 6) is 0.810. The normalized spacial score (nSPS) is 29.2. The highest BCUT2D eigenvalue weighted by molar-refractivity contribution is 9.10. The molecule has 2 saturated carbocycles. The smallest absolute Gasteiger partial charge is 0.244 e. The maximum atomic E-state index is 12.3. The van der Waals surface area contributed by atoms with Gasteiger partial charge in [0.1, 0.15) is 0 Å². The van der Waals surface area contributed by atoms with Crippen LogP contribution in [-0.4, -0.2) is 26.2 Å². The van der Waals surface area contributed by atoms with E-state index in [0.717, 1.165) is 15.7 Å². The van der Waals surface area contributed by atoms with Crippen LogP contribution in [0.25, 0.3) is 0 Å². The Hall–Kier alpha value is -1.36. The molecule has 2 aliphatic rings. The maximum absolute atomic E-state index is 12.3. The summed E-state index contributed by atoms with van der Waals surface area (Å²) < 4.78 is 1.01. The lowest BCUT2D eigenvalue weighted by Crippen LogP contribution is -2.22. The molecule has 0 aromatic heterocycles. The molecule has 0 spiro atoms. The zero-order valence-electron chi connectivity index (χ0n) is 14.0. The zero-order valence-corrected chi connectivity index (χ0v) is 15.6. The fourth-order valence-corrected chi connectivity index (χ4v) is 4.81. The van der Waals surface area contributed by atoms with E-state index >= 15 is 0 Å². The molecule has 0 unspecified atom stereocenters. The molecule has 0 radical (unpaired) electrons. The van der Waals surface area contributed by atoms with Crippen molar-refractivity contribution in [2.75, 3.05) is 19.0 Å². The molecule has 124 valence electrons. The minimum atomic E-state index is 0.0830. The molecule has 0 heterocycles. The molecule has 2 fully saturated rings. The molecule has 1 aromatic rings. The zero-order chi connectivity index (χ0) is 16.6. The van der Waals surface area contributed by atoms with E-state index in [4.69, 9.17) is 0 Å². The monoisotopic (exact) mass is 377 g/mol. The van der Waals surface area contributed by atoms with E-state index in [0.29, 0.717) is 5.92 Å². The summed E-state index contributed by atoms with van der Waals surface area (Å²) in [6.07, 6.45) is 6.60. The molecule has 1 N–H and O–H groups in total.